The lowest BCUT2D eigenvalue weighted by Crippen LogP contribution is -2.60. The normalized spacial score (nSPS) is 29.3. The van der Waals surface area contributed by atoms with Crippen molar-refractivity contribution in [2.24, 2.45) is 0 Å². The number of carbonyl (C=O) groups is 4. The summed E-state index contributed by atoms with van der Waals surface area (Å²) < 4.78 is 25.4. The molecule has 0 N–H and O–H groups in total. The molecule has 24 heavy (non-hydrogen) atoms. The molecular weight excluding hydrogens is 348 g/mol. The first kappa shape index (κ1) is 20.2. The Hall–Kier alpha value is -1.87. The van der Waals surface area contributed by atoms with Crippen molar-refractivity contribution < 1.29 is 42.9 Å². The van der Waals surface area contributed by atoms with Crippen LogP contribution < -0.4 is 0 Å². The minimum atomic E-state index is -1.33. The predicted molar refractivity (Wildman–Crippen MR) is 77.8 cm³/mol. The lowest BCUT2D eigenvalue weighted by molar-refractivity contribution is -0.268. The Morgan fingerprint density at radius 2 is 1.33 bits per heavy atom. The molecule has 1 aliphatic rings. The van der Waals surface area contributed by atoms with E-state index in [1.807, 2.05) is 0 Å². The van der Waals surface area contributed by atoms with Crippen LogP contribution in [0.4, 0.5) is 0 Å². The van der Waals surface area contributed by atoms with Crippen LogP contribution in [0.1, 0.15) is 27.7 Å². The quantitative estimate of drug-likeness (QED) is 0.385. The summed E-state index contributed by atoms with van der Waals surface area (Å²) >= 11 is 6.26. The Labute approximate surface area is 143 Å². The second-order valence-electron chi connectivity index (χ2n) is 5.05. The maximum Gasteiger partial charge on any atom is 0.305 e. The second kappa shape index (κ2) is 8.84. The van der Waals surface area contributed by atoms with Gasteiger partial charge in [-0.3, -0.25) is 19.2 Å². The molecule has 0 bridgehead atoms. The van der Waals surface area contributed by atoms with Gasteiger partial charge in [-0.2, -0.15) is 0 Å². The molecule has 0 aromatic carbocycles. The van der Waals surface area contributed by atoms with Gasteiger partial charge in [0.1, 0.15) is 18.1 Å². The van der Waals surface area contributed by atoms with Crippen LogP contribution in [0.15, 0.2) is 0 Å². The molecular formula is C14H19ClO9. The zero-order valence-corrected chi connectivity index (χ0v) is 14.4. The van der Waals surface area contributed by atoms with Crippen LogP contribution in [0.5, 0.6) is 0 Å². The number of alkyl halides is 1. The smallest absolute Gasteiger partial charge is 0.305 e. The average Bonchev–Trinajstić information content (AvgIpc) is 2.42. The highest BCUT2D eigenvalue weighted by molar-refractivity contribution is 6.21. The third-order valence-corrected chi connectivity index (χ3v) is 3.41. The zero-order valence-electron chi connectivity index (χ0n) is 13.6. The van der Waals surface area contributed by atoms with E-state index in [0.29, 0.717) is 0 Å². The van der Waals surface area contributed by atoms with Gasteiger partial charge in [-0.15, -0.1) is 11.6 Å². The van der Waals surface area contributed by atoms with Gasteiger partial charge >= 0.3 is 23.9 Å². The molecule has 1 saturated heterocycles. The van der Waals surface area contributed by atoms with Gasteiger partial charge in [0.2, 0.25) is 6.29 Å². The molecule has 9 nitrogen and oxygen atoms in total. The zero-order chi connectivity index (χ0) is 18.4. The van der Waals surface area contributed by atoms with Gasteiger partial charge in [-0.25, -0.2) is 0 Å². The number of esters is 4. The molecule has 1 fully saturated rings. The first-order valence-corrected chi connectivity index (χ1v) is 7.50. The van der Waals surface area contributed by atoms with E-state index in [1.54, 1.807) is 0 Å². The highest BCUT2D eigenvalue weighted by Gasteiger charge is 2.50. The second-order valence-corrected chi connectivity index (χ2v) is 5.55. The standard InChI is InChI=1S/C14H19ClO9/c1-6(16)20-5-10-12(21-7(2)17)11(15)13(22-8(3)18)14(24-10)23-9(4)19/h10-14H,5H2,1-4H3/t10-,11-,12+,13-,14-/m1/s1. The fraction of sp³-hybridized carbons (Fsp3) is 0.714. The van der Waals surface area contributed by atoms with Gasteiger partial charge < -0.3 is 23.7 Å². The first-order valence-electron chi connectivity index (χ1n) is 7.06. The van der Waals surface area contributed by atoms with Gasteiger partial charge in [0.25, 0.3) is 0 Å². The molecule has 0 radical (unpaired) electrons. The molecule has 0 spiro atoms. The van der Waals surface area contributed by atoms with Crippen LogP contribution in [0.3, 0.4) is 0 Å². The maximum atomic E-state index is 11.3. The molecule has 1 heterocycles. The Bertz CT molecular complexity index is 504. The summed E-state index contributed by atoms with van der Waals surface area (Å²) in [5, 5.41) is -1.09. The van der Waals surface area contributed by atoms with Crippen molar-refractivity contribution >= 4 is 35.5 Å². The fourth-order valence-electron chi connectivity index (χ4n) is 2.11. The highest BCUT2D eigenvalue weighted by atomic mass is 35.5. The minimum Gasteiger partial charge on any atom is -0.463 e. The van der Waals surface area contributed by atoms with Crippen molar-refractivity contribution in [1.82, 2.24) is 0 Å². The number of hydrogen-bond donors (Lipinski definition) is 0. The molecule has 0 aromatic heterocycles. The summed E-state index contributed by atoms with van der Waals surface area (Å²) in [6, 6.07) is 0. The topological polar surface area (TPSA) is 114 Å². The van der Waals surface area contributed by atoms with Crippen LogP contribution in [0.25, 0.3) is 0 Å². The first-order chi connectivity index (χ1) is 11.1. The molecule has 10 heteroatoms. The molecule has 0 aliphatic carbocycles. The van der Waals surface area contributed by atoms with Gasteiger partial charge in [-0.05, 0) is 0 Å². The number of halogens is 1. The number of hydrogen-bond acceptors (Lipinski definition) is 9. The van der Waals surface area contributed by atoms with E-state index < -0.39 is 53.9 Å². The molecule has 5 atom stereocenters. The summed E-state index contributed by atoms with van der Waals surface area (Å²) in [5.74, 6) is -2.63. The average molecular weight is 367 g/mol. The molecule has 0 unspecified atom stereocenters. The van der Waals surface area contributed by atoms with Crippen LogP contribution >= 0.6 is 11.6 Å². The summed E-state index contributed by atoms with van der Waals surface area (Å²) in [7, 11) is 0. The third kappa shape index (κ3) is 5.97. The largest absolute Gasteiger partial charge is 0.463 e. The van der Waals surface area contributed by atoms with Crippen LogP contribution in [0, 0.1) is 0 Å². The van der Waals surface area contributed by atoms with E-state index in [4.69, 9.17) is 35.3 Å². The van der Waals surface area contributed by atoms with E-state index in [0.717, 1.165) is 20.8 Å². The Morgan fingerprint density at radius 3 is 1.79 bits per heavy atom. The summed E-state index contributed by atoms with van der Waals surface area (Å²) in [6.07, 6.45) is -4.62. The van der Waals surface area contributed by atoms with Gasteiger partial charge in [0, 0.05) is 27.7 Å². The molecule has 1 rings (SSSR count). The number of carbonyl (C=O) groups excluding carboxylic acids is 4. The van der Waals surface area contributed by atoms with Crippen molar-refractivity contribution in [2.45, 2.75) is 57.7 Å². The van der Waals surface area contributed by atoms with E-state index in [-0.39, 0.29) is 6.61 Å². The number of rotatable bonds is 5. The van der Waals surface area contributed by atoms with Crippen molar-refractivity contribution in [3.05, 3.63) is 0 Å². The van der Waals surface area contributed by atoms with Crippen LogP contribution in [-0.4, -0.2) is 60.5 Å². The van der Waals surface area contributed by atoms with Crippen LogP contribution in [-0.2, 0) is 42.9 Å². The van der Waals surface area contributed by atoms with E-state index in [2.05, 4.69) is 0 Å². The molecule has 0 aromatic rings. The predicted octanol–water partition coefficient (Wildman–Crippen LogP) is 0.308. The number of ether oxygens (including phenoxy) is 5. The van der Waals surface area contributed by atoms with Gasteiger partial charge in [-0.1, -0.05) is 0 Å². The summed E-state index contributed by atoms with van der Waals surface area (Å²) in [5.41, 5.74) is 0. The van der Waals surface area contributed by atoms with E-state index in [1.165, 1.54) is 6.92 Å². The molecule has 0 saturated carbocycles. The van der Waals surface area contributed by atoms with E-state index >= 15 is 0 Å². The third-order valence-electron chi connectivity index (χ3n) is 2.91. The lowest BCUT2D eigenvalue weighted by atomic mass is 10.0. The Morgan fingerprint density at radius 1 is 0.833 bits per heavy atom. The van der Waals surface area contributed by atoms with E-state index in [9.17, 15) is 19.2 Å². The molecule has 0 amide bonds. The van der Waals surface area contributed by atoms with Crippen molar-refractivity contribution in [2.75, 3.05) is 6.61 Å². The monoisotopic (exact) mass is 366 g/mol. The SMILES string of the molecule is CC(=O)OC[C@H]1O[C@@H](OC(C)=O)[C@H](OC(C)=O)[C@H](Cl)[C@H]1OC(C)=O. The minimum absolute atomic E-state index is 0.291. The van der Waals surface area contributed by atoms with Crippen molar-refractivity contribution in [3.63, 3.8) is 0 Å². The van der Waals surface area contributed by atoms with Gasteiger partial charge in [0.05, 0.1) is 0 Å². The highest BCUT2D eigenvalue weighted by Crippen LogP contribution is 2.31. The Balaban J connectivity index is 3.04. The molecule has 1 aliphatic heterocycles. The van der Waals surface area contributed by atoms with Gasteiger partial charge in [0.15, 0.2) is 12.2 Å². The summed E-state index contributed by atoms with van der Waals surface area (Å²) in [4.78, 5) is 44.8. The van der Waals surface area contributed by atoms with Crippen LogP contribution in [0.2, 0.25) is 0 Å². The lowest BCUT2D eigenvalue weighted by Gasteiger charge is -2.42. The molecule has 136 valence electrons. The Kier molecular flexibility index (Phi) is 7.43. The van der Waals surface area contributed by atoms with Crippen molar-refractivity contribution in [1.29, 1.82) is 0 Å². The fourth-order valence-corrected chi connectivity index (χ4v) is 2.49. The van der Waals surface area contributed by atoms with Crippen molar-refractivity contribution in [3.8, 4) is 0 Å². The summed E-state index contributed by atoms with van der Waals surface area (Å²) in [6.45, 7) is 4.33. The maximum absolute atomic E-state index is 11.3.